The van der Waals surface area contributed by atoms with Gasteiger partial charge in [0.1, 0.15) is 0 Å². The largest absolute Gasteiger partial charge is 0.448 e. The van der Waals surface area contributed by atoms with Gasteiger partial charge >= 0.3 is 5.97 Å². The van der Waals surface area contributed by atoms with Crippen LogP contribution in [0.3, 0.4) is 0 Å². The second kappa shape index (κ2) is 9.89. The van der Waals surface area contributed by atoms with Crippen molar-refractivity contribution in [2.45, 2.75) is 50.0 Å². The maximum absolute atomic E-state index is 13.3. The molecule has 1 spiro atoms. The summed E-state index contributed by atoms with van der Waals surface area (Å²) in [6.45, 7) is 11.2. The molecule has 38 heavy (non-hydrogen) atoms. The molecule has 2 aliphatic heterocycles. The Kier molecular flexibility index (Phi) is 6.90. The van der Waals surface area contributed by atoms with Crippen LogP contribution >= 0.6 is 0 Å². The number of ether oxygens (including phenoxy) is 1. The Hall–Kier alpha value is -3.10. The van der Waals surface area contributed by atoms with E-state index in [2.05, 4.69) is 16.8 Å². The van der Waals surface area contributed by atoms with Crippen molar-refractivity contribution in [3.63, 3.8) is 0 Å². The highest BCUT2D eigenvalue weighted by Gasteiger charge is 2.49. The predicted molar refractivity (Wildman–Crippen MR) is 150 cm³/mol. The minimum atomic E-state index is -3.32. The molecule has 8 heteroatoms. The molecule has 3 N–H and O–H groups in total. The molecule has 202 valence electrons. The quantitative estimate of drug-likeness (QED) is 0.494. The summed E-state index contributed by atoms with van der Waals surface area (Å²) in [4.78, 5) is 15.8. The van der Waals surface area contributed by atoms with Crippen molar-refractivity contribution in [3.05, 3.63) is 71.1 Å². The molecule has 1 saturated heterocycles. The van der Waals surface area contributed by atoms with Crippen LogP contribution in [0.25, 0.3) is 16.7 Å². The second-order valence-electron chi connectivity index (χ2n) is 11.2. The SMILES string of the molecule is C=C(CN1CCCC2(C1)OC(=O)C(c1cc(C)c(-c3cccc(S(C)(=O)=O)c3)cc1C)=C2N)NCC1CC1. The summed E-state index contributed by atoms with van der Waals surface area (Å²) < 4.78 is 30.2. The summed E-state index contributed by atoms with van der Waals surface area (Å²) in [6, 6.07) is 10.9. The lowest BCUT2D eigenvalue weighted by Crippen LogP contribution is -2.52. The van der Waals surface area contributed by atoms with Crippen LogP contribution in [-0.4, -0.2) is 57.3 Å². The van der Waals surface area contributed by atoms with Gasteiger partial charge in [0.05, 0.1) is 16.2 Å². The van der Waals surface area contributed by atoms with Crippen LogP contribution in [0.5, 0.6) is 0 Å². The molecule has 2 aromatic carbocycles. The molecule has 3 aliphatic rings. The maximum atomic E-state index is 13.3. The van der Waals surface area contributed by atoms with E-state index in [0.717, 1.165) is 58.9 Å². The fourth-order valence-corrected chi connectivity index (χ4v) is 6.32. The van der Waals surface area contributed by atoms with E-state index in [9.17, 15) is 13.2 Å². The van der Waals surface area contributed by atoms with Crippen LogP contribution in [0.2, 0.25) is 0 Å². The van der Waals surface area contributed by atoms with Crippen LogP contribution in [0, 0.1) is 19.8 Å². The molecular weight excluding hydrogens is 498 g/mol. The number of nitrogens with one attached hydrogen (secondary N) is 1. The number of hydrogen-bond donors (Lipinski definition) is 2. The number of esters is 1. The van der Waals surface area contributed by atoms with Gasteiger partial charge in [-0.05, 0) is 91.9 Å². The number of nitrogens with two attached hydrogens (primary N) is 1. The fourth-order valence-electron chi connectivity index (χ4n) is 5.65. The monoisotopic (exact) mass is 535 g/mol. The lowest BCUT2D eigenvalue weighted by Gasteiger charge is -2.40. The minimum Gasteiger partial charge on any atom is -0.448 e. The number of hydrogen-bond acceptors (Lipinski definition) is 7. The number of sulfone groups is 1. The first-order valence-electron chi connectivity index (χ1n) is 13.3. The van der Waals surface area contributed by atoms with Crippen molar-refractivity contribution in [1.82, 2.24) is 10.2 Å². The number of carbonyl (C=O) groups excluding carboxylic acids is 1. The summed E-state index contributed by atoms with van der Waals surface area (Å²) >= 11 is 0. The Labute approximate surface area is 225 Å². The number of likely N-dealkylation sites (tertiary alicyclic amines) is 1. The van der Waals surface area contributed by atoms with Crippen molar-refractivity contribution in [2.24, 2.45) is 11.7 Å². The zero-order valence-electron chi connectivity index (χ0n) is 22.5. The number of carbonyl (C=O) groups is 1. The van der Waals surface area contributed by atoms with Gasteiger partial charge in [-0.2, -0.15) is 0 Å². The number of aryl methyl sites for hydroxylation is 2. The lowest BCUT2D eigenvalue weighted by atomic mass is 9.86. The Morgan fingerprint density at radius 2 is 1.89 bits per heavy atom. The minimum absolute atomic E-state index is 0.275. The van der Waals surface area contributed by atoms with Crippen LogP contribution in [0.15, 0.2) is 59.3 Å². The van der Waals surface area contributed by atoms with E-state index < -0.39 is 15.4 Å². The van der Waals surface area contributed by atoms with Gasteiger partial charge in [0.25, 0.3) is 0 Å². The Bertz CT molecular complexity index is 1440. The van der Waals surface area contributed by atoms with Gasteiger partial charge < -0.3 is 15.8 Å². The third-order valence-electron chi connectivity index (χ3n) is 7.95. The highest BCUT2D eigenvalue weighted by Crippen LogP contribution is 2.42. The average Bonchev–Trinajstić information content (AvgIpc) is 3.65. The van der Waals surface area contributed by atoms with Gasteiger partial charge in [-0.3, -0.25) is 4.90 Å². The van der Waals surface area contributed by atoms with Crippen LogP contribution in [-0.2, 0) is 19.4 Å². The zero-order valence-corrected chi connectivity index (χ0v) is 23.3. The van der Waals surface area contributed by atoms with Crippen LogP contribution in [0.4, 0.5) is 0 Å². The molecule has 2 heterocycles. The summed E-state index contributed by atoms with van der Waals surface area (Å²) in [5, 5.41) is 3.45. The predicted octanol–water partition coefficient (Wildman–Crippen LogP) is 3.95. The van der Waals surface area contributed by atoms with E-state index in [1.165, 1.54) is 19.1 Å². The highest BCUT2D eigenvalue weighted by molar-refractivity contribution is 7.90. The van der Waals surface area contributed by atoms with Crippen molar-refractivity contribution in [3.8, 4) is 11.1 Å². The second-order valence-corrected chi connectivity index (χ2v) is 13.2. The van der Waals surface area contributed by atoms with E-state index >= 15 is 0 Å². The van der Waals surface area contributed by atoms with E-state index in [4.69, 9.17) is 10.5 Å². The summed E-state index contributed by atoms with van der Waals surface area (Å²) in [5.41, 5.74) is 12.1. The molecule has 7 nitrogen and oxygen atoms in total. The van der Waals surface area contributed by atoms with Crippen molar-refractivity contribution >= 4 is 21.4 Å². The van der Waals surface area contributed by atoms with Gasteiger partial charge in [0, 0.05) is 31.6 Å². The standard InChI is InChI=1S/C30H37N3O4S/c1-19-14-26(20(2)13-25(19)23-7-5-8-24(15-23)38(4,35)36)27-28(31)30(37-29(27)34)11-6-12-33(18-30)17-21(3)32-16-22-9-10-22/h5,7-8,13-15,22,32H,3,6,9-12,16-18,31H2,1-2,4H3. The highest BCUT2D eigenvalue weighted by atomic mass is 32.2. The first-order valence-corrected chi connectivity index (χ1v) is 15.2. The number of nitrogens with zero attached hydrogens (tertiary/aromatic N) is 1. The summed E-state index contributed by atoms with van der Waals surface area (Å²) in [6.07, 6.45) is 5.36. The third-order valence-corrected chi connectivity index (χ3v) is 9.06. The van der Waals surface area contributed by atoms with Crippen molar-refractivity contribution < 1.29 is 17.9 Å². The van der Waals surface area contributed by atoms with Crippen molar-refractivity contribution in [1.29, 1.82) is 0 Å². The fraction of sp³-hybridized carbons (Fsp3) is 0.433. The van der Waals surface area contributed by atoms with Gasteiger partial charge in [0.15, 0.2) is 15.4 Å². The maximum Gasteiger partial charge on any atom is 0.341 e. The molecule has 1 unspecified atom stereocenters. The third kappa shape index (κ3) is 5.24. The molecule has 1 atom stereocenters. The Balaban J connectivity index is 1.42. The molecular formula is C30H37N3O4S. The van der Waals surface area contributed by atoms with Crippen LogP contribution < -0.4 is 11.1 Å². The van der Waals surface area contributed by atoms with E-state index in [0.29, 0.717) is 30.8 Å². The Morgan fingerprint density at radius 1 is 1.18 bits per heavy atom. The first-order chi connectivity index (χ1) is 18.0. The van der Waals surface area contributed by atoms with E-state index in [-0.39, 0.29) is 10.9 Å². The van der Waals surface area contributed by atoms with Crippen molar-refractivity contribution in [2.75, 3.05) is 32.4 Å². The van der Waals surface area contributed by atoms with Gasteiger partial charge in [0.2, 0.25) is 0 Å². The smallest absolute Gasteiger partial charge is 0.341 e. The number of rotatable bonds is 8. The summed E-state index contributed by atoms with van der Waals surface area (Å²) in [7, 11) is -3.32. The van der Waals surface area contributed by atoms with Gasteiger partial charge in [-0.25, -0.2) is 13.2 Å². The molecule has 0 amide bonds. The molecule has 0 radical (unpaired) electrons. The molecule has 1 saturated carbocycles. The van der Waals surface area contributed by atoms with E-state index in [1.54, 1.807) is 18.2 Å². The zero-order chi connectivity index (χ0) is 27.2. The summed E-state index contributed by atoms with van der Waals surface area (Å²) in [5.74, 6) is 0.391. The van der Waals surface area contributed by atoms with Gasteiger partial charge in [-0.15, -0.1) is 0 Å². The van der Waals surface area contributed by atoms with Crippen LogP contribution in [0.1, 0.15) is 42.4 Å². The molecule has 5 rings (SSSR count). The normalized spacial score (nSPS) is 22.1. The molecule has 0 aromatic heterocycles. The molecule has 1 aliphatic carbocycles. The molecule has 2 fully saturated rings. The topological polar surface area (TPSA) is 102 Å². The first kappa shape index (κ1) is 26.5. The number of piperidine rings is 1. The average molecular weight is 536 g/mol. The Morgan fingerprint density at radius 3 is 2.61 bits per heavy atom. The lowest BCUT2D eigenvalue weighted by molar-refractivity contribution is -0.149. The van der Waals surface area contributed by atoms with Gasteiger partial charge in [-0.1, -0.05) is 30.8 Å². The molecule has 2 aromatic rings. The molecule has 0 bridgehead atoms. The van der Waals surface area contributed by atoms with E-state index in [1.807, 2.05) is 32.0 Å². The number of benzene rings is 2.